The summed E-state index contributed by atoms with van der Waals surface area (Å²) >= 11 is 1.11. The Morgan fingerprint density at radius 3 is 3.00 bits per heavy atom. The van der Waals surface area contributed by atoms with E-state index < -0.39 is 12.0 Å². The molecule has 0 amide bonds. The highest BCUT2D eigenvalue weighted by atomic mass is 32.2. The number of thioether (sulfide) groups is 1. The molecule has 0 spiro atoms. The highest BCUT2D eigenvalue weighted by Crippen LogP contribution is 2.44. The van der Waals surface area contributed by atoms with Gasteiger partial charge in [0.2, 0.25) is 0 Å². The Balaban J connectivity index is 1.73. The monoisotopic (exact) mass is 349 g/mol. The number of H-pyrrole nitrogens is 1. The van der Waals surface area contributed by atoms with E-state index in [4.69, 9.17) is 19.5 Å². The molecular weight excluding hydrogens is 334 g/mol. The molecule has 0 aromatic carbocycles. The number of ether oxygens (including phenoxy) is 3. The van der Waals surface area contributed by atoms with E-state index in [-0.39, 0.29) is 29.4 Å². The van der Waals surface area contributed by atoms with Crippen molar-refractivity contribution in [3.63, 3.8) is 0 Å². The smallest absolute Gasteiger partial charge is 0.278 e. The van der Waals surface area contributed by atoms with Crippen molar-refractivity contribution >= 4 is 22.9 Å². The molecule has 10 heteroatoms. The Kier molecular flexibility index (Phi) is 3.61. The van der Waals surface area contributed by atoms with Crippen LogP contribution >= 0.6 is 11.8 Å². The molecule has 4 atom stereocenters. The van der Waals surface area contributed by atoms with Crippen LogP contribution in [0.5, 0.6) is 0 Å². The molecule has 126 valence electrons. The van der Waals surface area contributed by atoms with Crippen molar-refractivity contribution in [3.05, 3.63) is 23.0 Å². The molecule has 0 aliphatic carbocycles. The largest absolute Gasteiger partial charge is 0.348 e. The van der Waals surface area contributed by atoms with Crippen LogP contribution in [0.1, 0.15) is 20.1 Å². The van der Waals surface area contributed by atoms with Gasteiger partial charge in [0.1, 0.15) is 17.6 Å². The van der Waals surface area contributed by atoms with E-state index in [1.54, 1.807) is 4.57 Å². The lowest BCUT2D eigenvalue weighted by atomic mass is 10.1. The van der Waals surface area contributed by atoms with Gasteiger partial charge in [-0.05, 0) is 25.6 Å². The highest BCUT2D eigenvalue weighted by molar-refractivity contribution is 8.03. The lowest BCUT2D eigenvalue weighted by molar-refractivity contribution is -0.193. The van der Waals surface area contributed by atoms with E-state index in [1.807, 2.05) is 19.2 Å². The van der Waals surface area contributed by atoms with E-state index in [0.717, 1.165) is 11.8 Å². The topological polar surface area (TPSA) is 115 Å². The van der Waals surface area contributed by atoms with Crippen LogP contribution in [0.25, 0.3) is 11.2 Å². The van der Waals surface area contributed by atoms with Gasteiger partial charge in [-0.1, -0.05) is 0 Å². The normalized spacial score (nSPS) is 31.2. The van der Waals surface area contributed by atoms with Gasteiger partial charge < -0.3 is 19.2 Å². The molecule has 2 fully saturated rings. The summed E-state index contributed by atoms with van der Waals surface area (Å²) in [6, 6.07) is 0. The number of thiocyanates is 1. The van der Waals surface area contributed by atoms with Gasteiger partial charge in [-0.3, -0.25) is 9.36 Å². The minimum Gasteiger partial charge on any atom is -0.348 e. The van der Waals surface area contributed by atoms with Crippen LogP contribution in [0.15, 0.2) is 17.4 Å². The predicted molar refractivity (Wildman–Crippen MR) is 84.0 cm³/mol. The first-order valence-corrected chi connectivity index (χ1v) is 8.41. The Hall–Kier alpha value is -1.93. The van der Waals surface area contributed by atoms with E-state index >= 15 is 0 Å². The molecule has 2 saturated heterocycles. The van der Waals surface area contributed by atoms with Crippen LogP contribution in [0, 0.1) is 10.7 Å². The molecule has 0 unspecified atom stereocenters. The second-order valence-electron chi connectivity index (χ2n) is 6.09. The quantitative estimate of drug-likeness (QED) is 0.807. The summed E-state index contributed by atoms with van der Waals surface area (Å²) in [7, 11) is 0. The first kappa shape index (κ1) is 15.6. The van der Waals surface area contributed by atoms with Gasteiger partial charge in [-0.15, -0.1) is 0 Å². The lowest BCUT2D eigenvalue weighted by Gasteiger charge is -2.24. The summed E-state index contributed by atoms with van der Waals surface area (Å²) in [6.45, 7) is 3.68. The molecule has 2 aliphatic rings. The summed E-state index contributed by atoms with van der Waals surface area (Å²) < 4.78 is 19.7. The van der Waals surface area contributed by atoms with Gasteiger partial charge in [-0.25, -0.2) is 9.97 Å². The summed E-state index contributed by atoms with van der Waals surface area (Å²) in [5.74, 6) is -0.275. The fourth-order valence-electron chi connectivity index (χ4n) is 3.19. The third-order valence-electron chi connectivity index (χ3n) is 4.08. The fraction of sp³-hybridized carbons (Fsp3) is 0.571. The van der Waals surface area contributed by atoms with Crippen LogP contribution in [-0.2, 0) is 14.2 Å². The first-order valence-electron chi connectivity index (χ1n) is 7.42. The number of aromatic nitrogens is 4. The van der Waals surface area contributed by atoms with Crippen molar-refractivity contribution in [1.82, 2.24) is 19.5 Å². The Morgan fingerprint density at radius 2 is 2.21 bits per heavy atom. The first-order chi connectivity index (χ1) is 11.5. The second-order valence-corrected chi connectivity index (χ2v) is 6.89. The summed E-state index contributed by atoms with van der Waals surface area (Å²) in [5, 5.41) is 10.9. The average molecular weight is 349 g/mol. The van der Waals surface area contributed by atoms with Crippen molar-refractivity contribution in [1.29, 1.82) is 5.26 Å². The van der Waals surface area contributed by atoms with Gasteiger partial charge in [-0.2, -0.15) is 5.26 Å². The molecular formula is C14H15N5O4S. The van der Waals surface area contributed by atoms with Gasteiger partial charge in [0.25, 0.3) is 5.56 Å². The maximum atomic E-state index is 11.8. The maximum absolute atomic E-state index is 11.8. The lowest BCUT2D eigenvalue weighted by Crippen LogP contribution is -2.31. The minimum absolute atomic E-state index is 0.241. The second kappa shape index (κ2) is 5.56. The van der Waals surface area contributed by atoms with Crippen LogP contribution in [0.4, 0.5) is 0 Å². The van der Waals surface area contributed by atoms with Crippen molar-refractivity contribution in [2.75, 3.05) is 5.75 Å². The van der Waals surface area contributed by atoms with Crippen LogP contribution in [-0.4, -0.2) is 49.4 Å². The fourth-order valence-corrected chi connectivity index (χ4v) is 3.69. The number of rotatable bonds is 3. The number of fused-ring (bicyclic) bond motifs is 2. The van der Waals surface area contributed by atoms with Gasteiger partial charge >= 0.3 is 0 Å². The van der Waals surface area contributed by atoms with Crippen LogP contribution < -0.4 is 5.56 Å². The predicted octanol–water partition coefficient (Wildman–Crippen LogP) is 0.751. The number of imidazole rings is 1. The number of aromatic amines is 1. The molecule has 2 aromatic heterocycles. The number of hydrogen-bond acceptors (Lipinski definition) is 8. The summed E-state index contributed by atoms with van der Waals surface area (Å²) in [6.07, 6.45) is 1.34. The van der Waals surface area contributed by atoms with E-state index in [2.05, 4.69) is 15.0 Å². The Bertz CT molecular complexity index is 872. The van der Waals surface area contributed by atoms with Gasteiger partial charge in [0.05, 0.1) is 18.8 Å². The van der Waals surface area contributed by atoms with E-state index in [1.165, 1.54) is 12.7 Å². The highest BCUT2D eigenvalue weighted by Gasteiger charge is 2.56. The van der Waals surface area contributed by atoms with Crippen LogP contribution in [0.3, 0.4) is 0 Å². The van der Waals surface area contributed by atoms with E-state index in [0.29, 0.717) is 11.4 Å². The van der Waals surface area contributed by atoms with Crippen molar-refractivity contribution < 1.29 is 14.2 Å². The van der Waals surface area contributed by atoms with Crippen LogP contribution in [0.2, 0.25) is 0 Å². The van der Waals surface area contributed by atoms with E-state index in [9.17, 15) is 4.79 Å². The molecule has 2 aromatic rings. The SMILES string of the molecule is CC1(C)O[C@@H]2[C@H](O1)[C@H](CSC#N)O[C@H]2n1cnc2c(=O)[nH]cnc21. The van der Waals surface area contributed by atoms with Crippen molar-refractivity contribution in [3.8, 4) is 5.40 Å². The number of hydrogen-bond donors (Lipinski definition) is 1. The third kappa shape index (κ3) is 2.41. The third-order valence-corrected chi connectivity index (χ3v) is 4.70. The zero-order valence-corrected chi connectivity index (χ0v) is 13.8. The molecule has 0 bridgehead atoms. The molecule has 2 aliphatic heterocycles. The molecule has 4 rings (SSSR count). The molecule has 0 radical (unpaired) electrons. The Morgan fingerprint density at radius 1 is 1.42 bits per heavy atom. The number of nitrogens with one attached hydrogen (secondary N) is 1. The molecule has 4 heterocycles. The molecule has 24 heavy (non-hydrogen) atoms. The maximum Gasteiger partial charge on any atom is 0.278 e. The van der Waals surface area contributed by atoms with Gasteiger partial charge in [0, 0.05) is 5.75 Å². The van der Waals surface area contributed by atoms with Crippen molar-refractivity contribution in [2.24, 2.45) is 0 Å². The summed E-state index contributed by atoms with van der Waals surface area (Å²) in [5.41, 5.74) is 0.351. The molecule has 0 saturated carbocycles. The van der Waals surface area contributed by atoms with Gasteiger partial charge in [0.15, 0.2) is 23.2 Å². The average Bonchev–Trinajstić information content (AvgIpc) is 3.17. The standard InChI is InChI=1S/C14H15N5O4S/c1-14(2)22-9-7(3-24-4-15)21-13(10(9)23-14)19-6-18-8-11(19)16-5-17-12(8)20/h5-7,9-10,13H,3H2,1-2H3,(H,16,17,20)/t7-,9+,10+,13+/m0/s1. The van der Waals surface area contributed by atoms with Crippen molar-refractivity contribution in [2.45, 2.75) is 44.2 Å². The molecule has 9 nitrogen and oxygen atoms in total. The zero-order chi connectivity index (χ0) is 16.9. The minimum atomic E-state index is -0.742. The number of nitrogens with zero attached hydrogens (tertiary/aromatic N) is 4. The number of nitriles is 1. The summed E-state index contributed by atoms with van der Waals surface area (Å²) in [4.78, 5) is 22.7. The molecule has 1 N–H and O–H groups in total. The Labute approximate surface area is 140 Å². The zero-order valence-electron chi connectivity index (χ0n) is 13.0.